The summed E-state index contributed by atoms with van der Waals surface area (Å²) >= 11 is 0. The lowest BCUT2D eigenvalue weighted by Crippen LogP contribution is -2.51. The van der Waals surface area contributed by atoms with E-state index in [1.54, 1.807) is 5.57 Å². The number of allylic oxidation sites excluding steroid dienone is 1. The Morgan fingerprint density at radius 2 is 1.60 bits per heavy atom. The zero-order valence-electron chi connectivity index (χ0n) is 32.7. The molecule has 0 radical (unpaired) electrons. The van der Waals surface area contributed by atoms with E-state index in [0.29, 0.717) is 18.5 Å². The summed E-state index contributed by atoms with van der Waals surface area (Å²) in [7, 11) is 0. The Kier molecular flexibility index (Phi) is 15.8. The summed E-state index contributed by atoms with van der Waals surface area (Å²) in [6, 6.07) is 0. The number of halogens is 2. The van der Waals surface area contributed by atoms with Crippen LogP contribution in [0.15, 0.2) is 11.6 Å². The quantitative estimate of drug-likeness (QED) is 0.176. The van der Waals surface area contributed by atoms with Crippen LogP contribution in [0.2, 0.25) is 0 Å². The molecule has 0 aliphatic heterocycles. The average Bonchev–Trinajstić information content (AvgIpc) is 3.31. The third-order valence-corrected chi connectivity index (χ3v) is 14.1. The van der Waals surface area contributed by atoms with Crippen LogP contribution in [0.5, 0.6) is 0 Å². The molecule has 3 saturated carbocycles. The molecule has 48 heavy (non-hydrogen) atoms. The van der Waals surface area contributed by atoms with Crippen LogP contribution in [0.1, 0.15) is 159 Å². The van der Waals surface area contributed by atoms with Crippen LogP contribution < -0.4 is 11.5 Å². The van der Waals surface area contributed by atoms with Crippen molar-refractivity contribution in [2.75, 3.05) is 13.1 Å². The van der Waals surface area contributed by atoms with Gasteiger partial charge in [-0.3, -0.25) is 0 Å². The monoisotopic (exact) mass is 714 g/mol. The summed E-state index contributed by atoms with van der Waals surface area (Å²) in [5.41, 5.74) is 14.4. The lowest BCUT2D eigenvalue weighted by molar-refractivity contribution is -0.0596. The van der Waals surface area contributed by atoms with Crippen LogP contribution in [0.25, 0.3) is 0 Å². The summed E-state index contributed by atoms with van der Waals surface area (Å²) < 4.78 is 6.29. The van der Waals surface area contributed by atoms with Crippen LogP contribution >= 0.6 is 24.8 Å². The maximum atomic E-state index is 13.5. The van der Waals surface area contributed by atoms with E-state index in [1.807, 2.05) is 18.7 Å². The SMILES string of the molecule is CC[C@H](CC[C@@H](C)[C@H]1CC[C@H]2[C@@H]3CC=C4C[C@@H](OC(=O)N(CCCC(C)(C)N)CCC(C)(C)N)CC[C@]4(C)[C@H]3CC[C@]12C)C(C)C.Cl.Cl. The predicted molar refractivity (Wildman–Crippen MR) is 209 cm³/mol. The number of hydrogen-bond acceptors (Lipinski definition) is 4. The lowest BCUT2D eigenvalue weighted by Gasteiger charge is -2.58. The lowest BCUT2D eigenvalue weighted by atomic mass is 9.47. The van der Waals surface area contributed by atoms with Crippen molar-refractivity contribution in [2.45, 2.75) is 176 Å². The van der Waals surface area contributed by atoms with Gasteiger partial charge < -0.3 is 21.1 Å². The Hall–Kier alpha value is -0.490. The van der Waals surface area contributed by atoms with Gasteiger partial charge in [-0.05, 0) is 151 Å². The molecule has 0 aromatic rings. The van der Waals surface area contributed by atoms with Crippen molar-refractivity contribution in [3.05, 3.63) is 11.6 Å². The molecule has 0 unspecified atom stereocenters. The van der Waals surface area contributed by atoms with Gasteiger partial charge in [0.05, 0.1) is 0 Å². The van der Waals surface area contributed by atoms with Crippen molar-refractivity contribution < 1.29 is 9.53 Å². The Morgan fingerprint density at radius 1 is 0.938 bits per heavy atom. The van der Waals surface area contributed by atoms with E-state index in [2.05, 4.69) is 61.5 Å². The van der Waals surface area contributed by atoms with E-state index in [-0.39, 0.29) is 53.5 Å². The van der Waals surface area contributed by atoms with Crippen molar-refractivity contribution in [3.63, 3.8) is 0 Å². The summed E-state index contributed by atoms with van der Waals surface area (Å²) in [6.45, 7) is 24.5. The fourth-order valence-corrected chi connectivity index (χ4v) is 11.1. The van der Waals surface area contributed by atoms with Crippen LogP contribution in [0, 0.1) is 52.3 Å². The van der Waals surface area contributed by atoms with Gasteiger partial charge in [-0.15, -0.1) is 24.8 Å². The third-order valence-electron chi connectivity index (χ3n) is 14.1. The summed E-state index contributed by atoms with van der Waals surface area (Å²) in [6.07, 6.45) is 19.0. The molecule has 5 nitrogen and oxygen atoms in total. The number of fused-ring (bicyclic) bond motifs is 5. The number of nitrogens with zero attached hydrogens (tertiary/aromatic N) is 1. The standard InChI is InChI=1S/C41H75N3O2.2ClH/c1-11-30(28(2)3)14-13-29(4)34-17-18-35-33-16-15-31-27-32(19-22-40(31,9)36(33)20-23-41(34,35)10)46-37(45)44(26-24-39(7,8)43)25-12-21-38(5,6)42;;/h15,28-30,32-36H,11-14,16-27,42-43H2,1-10H3;2*1H/t29-,30-,32+,33+,34-,35+,36+,40+,41-;;/m1../s1. The summed E-state index contributed by atoms with van der Waals surface area (Å²) in [4.78, 5) is 15.4. The molecule has 282 valence electrons. The molecular weight excluding hydrogens is 637 g/mol. The highest BCUT2D eigenvalue weighted by atomic mass is 35.5. The Labute approximate surface area is 309 Å². The van der Waals surface area contributed by atoms with Crippen LogP contribution in [0.3, 0.4) is 0 Å². The molecule has 0 heterocycles. The van der Waals surface area contributed by atoms with Gasteiger partial charge in [0.1, 0.15) is 6.10 Å². The zero-order chi connectivity index (χ0) is 34.1. The number of hydrogen-bond donors (Lipinski definition) is 2. The fraction of sp³-hybridized carbons (Fsp3) is 0.927. The second-order valence-electron chi connectivity index (χ2n) is 19.0. The van der Waals surface area contributed by atoms with Crippen molar-refractivity contribution in [3.8, 4) is 0 Å². The number of ether oxygens (including phenoxy) is 1. The molecule has 0 aromatic carbocycles. The Morgan fingerprint density at radius 3 is 2.21 bits per heavy atom. The minimum atomic E-state index is -0.318. The number of nitrogens with two attached hydrogens (primary N) is 2. The maximum absolute atomic E-state index is 13.5. The van der Waals surface area contributed by atoms with Crippen molar-refractivity contribution in [1.29, 1.82) is 0 Å². The molecule has 4 N–H and O–H groups in total. The summed E-state index contributed by atoms with van der Waals surface area (Å²) in [5, 5.41) is 0. The minimum absolute atomic E-state index is 0. The first kappa shape index (κ1) is 43.7. The highest BCUT2D eigenvalue weighted by molar-refractivity contribution is 5.85. The number of carbonyl (C=O) groups excluding carboxylic acids is 1. The smallest absolute Gasteiger partial charge is 0.410 e. The van der Waals surface area contributed by atoms with E-state index >= 15 is 0 Å². The van der Waals surface area contributed by atoms with Gasteiger partial charge in [-0.25, -0.2) is 4.79 Å². The van der Waals surface area contributed by atoms with Gasteiger partial charge in [0.15, 0.2) is 0 Å². The molecule has 4 rings (SSSR count). The molecule has 4 aliphatic rings. The number of carbonyl (C=O) groups is 1. The highest BCUT2D eigenvalue weighted by Gasteiger charge is 2.59. The van der Waals surface area contributed by atoms with Gasteiger partial charge in [-0.2, -0.15) is 0 Å². The topological polar surface area (TPSA) is 81.6 Å². The molecule has 0 bridgehead atoms. The molecule has 1 amide bonds. The predicted octanol–water partition coefficient (Wildman–Crippen LogP) is 11.0. The molecule has 0 spiro atoms. The molecule has 3 fully saturated rings. The van der Waals surface area contributed by atoms with E-state index in [1.165, 1.54) is 51.4 Å². The van der Waals surface area contributed by atoms with E-state index in [4.69, 9.17) is 16.2 Å². The van der Waals surface area contributed by atoms with Crippen molar-refractivity contribution in [1.82, 2.24) is 4.90 Å². The normalized spacial score (nSPS) is 32.9. The second-order valence-corrected chi connectivity index (χ2v) is 19.0. The van der Waals surface area contributed by atoms with E-state index in [9.17, 15) is 4.79 Å². The molecule has 9 atom stereocenters. The van der Waals surface area contributed by atoms with Crippen molar-refractivity contribution >= 4 is 30.9 Å². The Balaban J connectivity index is 0.00000400. The first-order valence-corrected chi connectivity index (χ1v) is 19.6. The van der Waals surface area contributed by atoms with Gasteiger partial charge in [0.25, 0.3) is 0 Å². The number of amides is 1. The summed E-state index contributed by atoms with van der Waals surface area (Å²) in [5.74, 6) is 5.89. The van der Waals surface area contributed by atoms with Crippen LogP contribution in [-0.4, -0.2) is 41.3 Å². The van der Waals surface area contributed by atoms with E-state index in [0.717, 1.165) is 80.0 Å². The zero-order valence-corrected chi connectivity index (χ0v) is 34.4. The second kappa shape index (κ2) is 17.4. The Bertz CT molecular complexity index is 1050. The van der Waals surface area contributed by atoms with E-state index < -0.39 is 0 Å². The first-order valence-electron chi connectivity index (χ1n) is 19.6. The highest BCUT2D eigenvalue weighted by Crippen LogP contribution is 2.67. The first-order chi connectivity index (χ1) is 21.4. The molecular formula is C41H77Cl2N3O2. The number of rotatable bonds is 14. The molecule has 0 saturated heterocycles. The largest absolute Gasteiger partial charge is 0.446 e. The minimum Gasteiger partial charge on any atom is -0.446 e. The fourth-order valence-electron chi connectivity index (χ4n) is 11.1. The average molecular weight is 715 g/mol. The third kappa shape index (κ3) is 10.3. The van der Waals surface area contributed by atoms with Crippen LogP contribution in [-0.2, 0) is 4.74 Å². The van der Waals surface area contributed by atoms with Gasteiger partial charge in [0, 0.05) is 30.6 Å². The van der Waals surface area contributed by atoms with Gasteiger partial charge in [-0.1, -0.05) is 66.0 Å². The van der Waals surface area contributed by atoms with Crippen LogP contribution in [0.4, 0.5) is 4.79 Å². The molecule has 7 heteroatoms. The molecule has 0 aromatic heterocycles. The van der Waals surface area contributed by atoms with Crippen molar-refractivity contribution in [2.24, 2.45) is 63.7 Å². The van der Waals surface area contributed by atoms with Gasteiger partial charge >= 0.3 is 6.09 Å². The molecule has 4 aliphatic carbocycles. The van der Waals surface area contributed by atoms with Gasteiger partial charge in [0.2, 0.25) is 0 Å². The maximum Gasteiger partial charge on any atom is 0.410 e.